The summed E-state index contributed by atoms with van der Waals surface area (Å²) in [5.74, 6) is 0. The first-order valence-electron chi connectivity index (χ1n) is 8.82. The van der Waals surface area contributed by atoms with Crippen molar-refractivity contribution in [2.45, 2.75) is 98.3 Å². The van der Waals surface area contributed by atoms with Crippen molar-refractivity contribution >= 4 is 0 Å². The molecule has 1 aliphatic rings. The van der Waals surface area contributed by atoms with Crippen LogP contribution in [0.15, 0.2) is 12.1 Å². The van der Waals surface area contributed by atoms with Gasteiger partial charge in [-0.2, -0.15) is 0 Å². The van der Waals surface area contributed by atoms with Crippen molar-refractivity contribution < 1.29 is 0 Å². The molecule has 0 fully saturated rings. The molecule has 0 radical (unpaired) electrons. The van der Waals surface area contributed by atoms with E-state index in [-0.39, 0.29) is 10.8 Å². The summed E-state index contributed by atoms with van der Waals surface area (Å²) in [4.78, 5) is 0. The number of hydrogen-bond acceptors (Lipinski definition) is 0. The molecule has 0 spiro atoms. The molecule has 1 aliphatic carbocycles. The van der Waals surface area contributed by atoms with Crippen molar-refractivity contribution in [3.8, 4) is 0 Å². The summed E-state index contributed by atoms with van der Waals surface area (Å²) < 4.78 is 0. The van der Waals surface area contributed by atoms with Gasteiger partial charge >= 0.3 is 0 Å². The van der Waals surface area contributed by atoms with E-state index in [1.165, 1.54) is 24.0 Å². The van der Waals surface area contributed by atoms with Gasteiger partial charge in [0.05, 0.1) is 0 Å². The highest BCUT2D eigenvalue weighted by Crippen LogP contribution is 2.55. The molecule has 0 aromatic heterocycles. The molecule has 0 N–H and O–H groups in total. The third kappa shape index (κ3) is 3.12. The molecule has 1 unspecified atom stereocenters. The molecule has 0 heteroatoms. The number of hydrogen-bond donors (Lipinski definition) is 0. The van der Waals surface area contributed by atoms with E-state index < -0.39 is 0 Å². The van der Waals surface area contributed by atoms with Crippen molar-refractivity contribution in [2.24, 2.45) is 5.41 Å². The molecule has 0 saturated carbocycles. The quantitative estimate of drug-likeness (QED) is 0.543. The lowest BCUT2D eigenvalue weighted by atomic mass is 9.69. The van der Waals surface area contributed by atoms with E-state index in [1.807, 2.05) is 0 Å². The Morgan fingerprint density at radius 1 is 0.955 bits per heavy atom. The van der Waals surface area contributed by atoms with Gasteiger partial charge in [0.15, 0.2) is 0 Å². The SMILES string of the molecule is Cc1cc(C(C)(C)C)cc2c1C(C)(CC(C)(C)C)CC2(C)C. The van der Waals surface area contributed by atoms with Crippen molar-refractivity contribution in [2.75, 3.05) is 0 Å². The molecule has 0 bridgehead atoms. The maximum absolute atomic E-state index is 2.51. The minimum Gasteiger partial charge on any atom is -0.0601 e. The van der Waals surface area contributed by atoms with Gasteiger partial charge in [0.2, 0.25) is 0 Å². The zero-order valence-electron chi connectivity index (χ0n) is 16.6. The van der Waals surface area contributed by atoms with Gasteiger partial charge in [0, 0.05) is 0 Å². The summed E-state index contributed by atoms with van der Waals surface area (Å²) in [6.45, 7) is 23.8. The lowest BCUT2D eigenvalue weighted by molar-refractivity contribution is 0.244. The Bertz CT molecular complexity index is 575. The maximum Gasteiger partial charge on any atom is -0.00565 e. The van der Waals surface area contributed by atoms with E-state index in [0.29, 0.717) is 10.8 Å². The average molecular weight is 301 g/mol. The average Bonchev–Trinajstić information content (AvgIpc) is 2.41. The largest absolute Gasteiger partial charge is 0.0601 e. The highest BCUT2D eigenvalue weighted by Gasteiger charge is 2.47. The smallest absolute Gasteiger partial charge is 0.00565 e. The summed E-state index contributed by atoms with van der Waals surface area (Å²) in [6.07, 6.45) is 2.52. The molecule has 0 saturated heterocycles. The summed E-state index contributed by atoms with van der Waals surface area (Å²) in [5, 5.41) is 0. The van der Waals surface area contributed by atoms with Crippen LogP contribution in [0.4, 0.5) is 0 Å². The summed E-state index contributed by atoms with van der Waals surface area (Å²) in [5.41, 5.74) is 7.39. The first kappa shape index (κ1) is 17.6. The Morgan fingerprint density at radius 2 is 1.50 bits per heavy atom. The molecule has 2 rings (SSSR count). The second-order valence-electron chi connectivity index (χ2n) is 10.8. The van der Waals surface area contributed by atoms with E-state index in [1.54, 1.807) is 11.1 Å². The molecule has 0 amide bonds. The van der Waals surface area contributed by atoms with Gasteiger partial charge in [-0.25, -0.2) is 0 Å². The van der Waals surface area contributed by atoms with E-state index in [9.17, 15) is 0 Å². The molecule has 0 nitrogen and oxygen atoms in total. The second kappa shape index (κ2) is 4.86. The highest BCUT2D eigenvalue weighted by molar-refractivity contribution is 5.52. The van der Waals surface area contributed by atoms with E-state index in [2.05, 4.69) is 81.4 Å². The van der Waals surface area contributed by atoms with Crippen LogP contribution in [-0.4, -0.2) is 0 Å². The fourth-order valence-corrected chi connectivity index (χ4v) is 5.04. The van der Waals surface area contributed by atoms with Gasteiger partial charge in [-0.3, -0.25) is 0 Å². The van der Waals surface area contributed by atoms with Gasteiger partial charge in [-0.15, -0.1) is 0 Å². The summed E-state index contributed by atoms with van der Waals surface area (Å²) in [7, 11) is 0. The molecular weight excluding hydrogens is 264 g/mol. The Balaban J connectivity index is 2.66. The van der Waals surface area contributed by atoms with Gasteiger partial charge in [-0.1, -0.05) is 74.4 Å². The molecule has 1 aromatic carbocycles. The van der Waals surface area contributed by atoms with Crippen molar-refractivity contribution in [3.05, 3.63) is 34.4 Å². The zero-order valence-corrected chi connectivity index (χ0v) is 16.6. The fourth-order valence-electron chi connectivity index (χ4n) is 5.04. The van der Waals surface area contributed by atoms with Crippen LogP contribution in [-0.2, 0) is 16.2 Å². The molecule has 124 valence electrons. The van der Waals surface area contributed by atoms with Gasteiger partial charge in [-0.05, 0) is 63.7 Å². The van der Waals surface area contributed by atoms with Gasteiger partial charge in [0.1, 0.15) is 0 Å². The minimum atomic E-state index is 0.221. The van der Waals surface area contributed by atoms with Crippen LogP contribution in [0.3, 0.4) is 0 Å². The monoisotopic (exact) mass is 300 g/mol. The van der Waals surface area contributed by atoms with Crippen molar-refractivity contribution in [1.82, 2.24) is 0 Å². The molecule has 1 atom stereocenters. The van der Waals surface area contributed by atoms with E-state index >= 15 is 0 Å². The third-order valence-electron chi connectivity index (χ3n) is 5.29. The third-order valence-corrected chi connectivity index (χ3v) is 5.29. The van der Waals surface area contributed by atoms with Crippen molar-refractivity contribution in [1.29, 1.82) is 0 Å². The summed E-state index contributed by atoms with van der Waals surface area (Å²) >= 11 is 0. The predicted molar refractivity (Wildman–Crippen MR) is 98.9 cm³/mol. The van der Waals surface area contributed by atoms with Crippen LogP contribution >= 0.6 is 0 Å². The topological polar surface area (TPSA) is 0 Å². The van der Waals surface area contributed by atoms with E-state index in [4.69, 9.17) is 0 Å². The Kier molecular flexibility index (Phi) is 3.88. The highest BCUT2D eigenvalue weighted by atomic mass is 14.5. The summed E-state index contributed by atoms with van der Waals surface area (Å²) in [6, 6.07) is 4.96. The lowest BCUT2D eigenvalue weighted by Gasteiger charge is -2.35. The molecular formula is C22H36. The molecule has 22 heavy (non-hydrogen) atoms. The normalized spacial score (nSPS) is 24.5. The zero-order chi connectivity index (χ0) is 17.1. The van der Waals surface area contributed by atoms with Crippen LogP contribution in [0.1, 0.15) is 97.4 Å². The number of rotatable bonds is 1. The number of aryl methyl sites for hydroxylation is 1. The Morgan fingerprint density at radius 3 is 1.95 bits per heavy atom. The predicted octanol–water partition coefficient (Wildman–Crippen LogP) is 6.67. The van der Waals surface area contributed by atoms with Crippen LogP contribution < -0.4 is 0 Å². The van der Waals surface area contributed by atoms with Crippen LogP contribution in [0, 0.1) is 12.3 Å². The second-order valence-corrected chi connectivity index (χ2v) is 10.8. The molecule has 0 aliphatic heterocycles. The van der Waals surface area contributed by atoms with Crippen LogP contribution in [0.2, 0.25) is 0 Å². The number of benzene rings is 1. The lowest BCUT2D eigenvalue weighted by Crippen LogP contribution is -2.28. The Hall–Kier alpha value is -0.780. The number of fused-ring (bicyclic) bond motifs is 1. The standard InChI is InChI=1S/C22H36/c1-15-11-16(20(5,6)7)12-17-18(15)22(10,13-19(2,3)4)14-21(17,8)9/h11-12H,13-14H2,1-10H3. The first-order chi connectivity index (χ1) is 9.66. The van der Waals surface area contributed by atoms with Crippen LogP contribution in [0.5, 0.6) is 0 Å². The van der Waals surface area contributed by atoms with E-state index in [0.717, 1.165) is 0 Å². The first-order valence-corrected chi connectivity index (χ1v) is 8.82. The maximum atomic E-state index is 2.51. The molecule has 0 heterocycles. The van der Waals surface area contributed by atoms with Gasteiger partial charge < -0.3 is 0 Å². The minimum absolute atomic E-state index is 0.221. The van der Waals surface area contributed by atoms with Crippen LogP contribution in [0.25, 0.3) is 0 Å². The van der Waals surface area contributed by atoms with Crippen molar-refractivity contribution in [3.63, 3.8) is 0 Å². The fraction of sp³-hybridized carbons (Fsp3) is 0.727. The van der Waals surface area contributed by atoms with Gasteiger partial charge in [0.25, 0.3) is 0 Å². The molecule has 1 aromatic rings. The Labute approximate surface area is 138 Å².